The second-order valence-electron chi connectivity index (χ2n) is 10.9. The maximum absolute atomic E-state index is 6.49. The van der Waals surface area contributed by atoms with Gasteiger partial charge >= 0.3 is 0 Å². The highest BCUT2D eigenvalue weighted by Crippen LogP contribution is 2.40. The number of rotatable bonds is 6. The molecule has 5 aromatic carbocycles. The number of hydrogen-bond acceptors (Lipinski definition) is 4. The van der Waals surface area contributed by atoms with E-state index >= 15 is 0 Å². The molecule has 0 aliphatic heterocycles. The molecule has 45 heavy (non-hydrogen) atoms. The van der Waals surface area contributed by atoms with E-state index in [9.17, 15) is 0 Å². The predicted octanol–water partition coefficient (Wildman–Crippen LogP) is 10.4. The number of nitrogens with zero attached hydrogens (tertiary/aromatic N) is 4. The van der Waals surface area contributed by atoms with E-state index in [2.05, 4.69) is 77.9 Å². The number of benzene rings is 5. The van der Waals surface area contributed by atoms with E-state index in [0.29, 0.717) is 17.5 Å². The molecule has 0 amide bonds. The van der Waals surface area contributed by atoms with Gasteiger partial charge in [0.05, 0.1) is 11.0 Å². The van der Waals surface area contributed by atoms with E-state index in [1.54, 1.807) is 6.08 Å². The van der Waals surface area contributed by atoms with Gasteiger partial charge in [-0.1, -0.05) is 104 Å². The van der Waals surface area contributed by atoms with Gasteiger partial charge in [0.2, 0.25) is 0 Å². The van der Waals surface area contributed by atoms with Gasteiger partial charge in [-0.25, -0.2) is 15.0 Å². The van der Waals surface area contributed by atoms with Crippen LogP contribution in [0, 0.1) is 0 Å². The Morgan fingerprint density at radius 2 is 1.16 bits per heavy atom. The lowest BCUT2D eigenvalue weighted by Crippen LogP contribution is -2.00. The molecule has 0 aliphatic carbocycles. The summed E-state index contributed by atoms with van der Waals surface area (Å²) in [6.45, 7) is 6.03. The Hall–Kier alpha value is -6.07. The molecule has 3 aromatic heterocycles. The van der Waals surface area contributed by atoms with Crippen LogP contribution in [0.2, 0.25) is 0 Å². The van der Waals surface area contributed by atoms with Crippen molar-refractivity contribution in [3.63, 3.8) is 0 Å². The molecule has 3 heterocycles. The largest absolute Gasteiger partial charge is 0.454 e. The third-order valence-electron chi connectivity index (χ3n) is 8.16. The lowest BCUT2D eigenvalue weighted by Gasteiger charge is -2.11. The summed E-state index contributed by atoms with van der Waals surface area (Å²) in [5.74, 6) is 2.67. The monoisotopic (exact) mass is 580 g/mol. The molecule has 0 bridgehead atoms. The zero-order valence-corrected chi connectivity index (χ0v) is 24.7. The fourth-order valence-electron chi connectivity index (χ4n) is 6.10. The number of fused-ring (bicyclic) bond motifs is 5. The summed E-state index contributed by atoms with van der Waals surface area (Å²) < 4.78 is 8.77. The zero-order chi connectivity index (χ0) is 30.3. The van der Waals surface area contributed by atoms with Gasteiger partial charge in [0.25, 0.3) is 0 Å². The Morgan fingerprint density at radius 3 is 1.76 bits per heavy atom. The van der Waals surface area contributed by atoms with Gasteiger partial charge < -0.3 is 8.98 Å². The number of furan rings is 1. The fourth-order valence-corrected chi connectivity index (χ4v) is 6.10. The summed E-state index contributed by atoms with van der Waals surface area (Å²) in [6.07, 6.45) is 5.90. The molecule has 0 spiro atoms. The summed E-state index contributed by atoms with van der Waals surface area (Å²) in [6, 6.07) is 41.3. The van der Waals surface area contributed by atoms with Crippen LogP contribution in [0.5, 0.6) is 0 Å². The first-order valence-electron chi connectivity index (χ1n) is 14.9. The molecule has 0 unspecified atom stereocenters. The van der Waals surface area contributed by atoms with Gasteiger partial charge in [-0.05, 0) is 49.4 Å². The van der Waals surface area contributed by atoms with Crippen molar-refractivity contribution in [2.24, 2.45) is 0 Å². The van der Waals surface area contributed by atoms with E-state index in [0.717, 1.165) is 61.1 Å². The predicted molar refractivity (Wildman–Crippen MR) is 185 cm³/mol. The SMILES string of the molecule is C=Cc1oc2c(ccc3c4ccccc4n(-c4ccc(-c5nc(-c6ccccc6)nc(-c6ccccc6)n5)cc4)c32)c1/C=C\C. The Morgan fingerprint density at radius 1 is 0.600 bits per heavy atom. The minimum atomic E-state index is 0.622. The van der Waals surface area contributed by atoms with Crippen LogP contribution >= 0.6 is 0 Å². The van der Waals surface area contributed by atoms with Crippen molar-refractivity contribution in [2.75, 3.05) is 0 Å². The summed E-state index contributed by atoms with van der Waals surface area (Å²) in [5.41, 5.74) is 7.82. The van der Waals surface area contributed by atoms with E-state index in [4.69, 9.17) is 19.4 Å². The summed E-state index contributed by atoms with van der Waals surface area (Å²) in [5, 5.41) is 3.36. The fraction of sp³-hybridized carbons (Fsp3) is 0.0250. The number of hydrogen-bond donors (Lipinski definition) is 0. The Kier molecular flexibility index (Phi) is 6.42. The summed E-state index contributed by atoms with van der Waals surface area (Å²) in [4.78, 5) is 14.7. The topological polar surface area (TPSA) is 56.7 Å². The minimum Gasteiger partial charge on any atom is -0.454 e. The molecule has 0 N–H and O–H groups in total. The highest BCUT2D eigenvalue weighted by Gasteiger charge is 2.20. The standard InChI is InChI=1S/C40H28N4O/c1-3-13-31-33-25-24-32-30-18-11-12-19-34(30)44(36(32)37(33)45-35(31)4-2)29-22-20-28(21-23-29)40-42-38(26-14-7-5-8-15-26)41-39(43-40)27-16-9-6-10-17-27/h3-25H,2H2,1H3/b13-3-. The highest BCUT2D eigenvalue weighted by molar-refractivity contribution is 6.18. The second kappa shape index (κ2) is 10.9. The molecule has 214 valence electrons. The average molecular weight is 581 g/mol. The van der Waals surface area contributed by atoms with Crippen molar-refractivity contribution in [2.45, 2.75) is 6.92 Å². The molecule has 0 saturated heterocycles. The Balaban J connectivity index is 1.32. The molecule has 5 nitrogen and oxygen atoms in total. The molecule has 0 fully saturated rings. The third kappa shape index (κ3) is 4.45. The van der Waals surface area contributed by atoms with Gasteiger partial charge in [0, 0.05) is 44.1 Å². The average Bonchev–Trinajstić information content (AvgIpc) is 3.64. The summed E-state index contributed by atoms with van der Waals surface area (Å²) >= 11 is 0. The number of para-hydroxylation sites is 1. The second-order valence-corrected chi connectivity index (χ2v) is 10.9. The smallest absolute Gasteiger partial charge is 0.164 e. The first-order valence-corrected chi connectivity index (χ1v) is 14.9. The van der Waals surface area contributed by atoms with Crippen LogP contribution in [0.15, 0.2) is 138 Å². The van der Waals surface area contributed by atoms with Gasteiger partial charge in [-0.3, -0.25) is 0 Å². The Bertz CT molecular complexity index is 2320. The lowest BCUT2D eigenvalue weighted by molar-refractivity contribution is 0.605. The van der Waals surface area contributed by atoms with E-state index < -0.39 is 0 Å². The van der Waals surface area contributed by atoms with Crippen molar-refractivity contribution in [3.05, 3.63) is 145 Å². The van der Waals surface area contributed by atoms with Crippen LogP contribution in [-0.4, -0.2) is 19.5 Å². The van der Waals surface area contributed by atoms with Crippen molar-refractivity contribution < 1.29 is 4.42 Å². The van der Waals surface area contributed by atoms with Crippen LogP contribution in [0.1, 0.15) is 18.2 Å². The highest BCUT2D eigenvalue weighted by atomic mass is 16.3. The Labute approximate surface area is 260 Å². The van der Waals surface area contributed by atoms with Crippen LogP contribution < -0.4 is 0 Å². The van der Waals surface area contributed by atoms with Gasteiger partial charge in [0.1, 0.15) is 5.76 Å². The quantitative estimate of drug-likeness (QED) is 0.196. The minimum absolute atomic E-state index is 0.622. The normalized spacial score (nSPS) is 11.7. The van der Waals surface area contributed by atoms with Crippen LogP contribution in [0.3, 0.4) is 0 Å². The number of aromatic nitrogens is 4. The maximum atomic E-state index is 6.49. The van der Waals surface area contributed by atoms with Crippen molar-refractivity contribution >= 4 is 44.9 Å². The van der Waals surface area contributed by atoms with Crippen molar-refractivity contribution in [1.29, 1.82) is 0 Å². The van der Waals surface area contributed by atoms with Crippen LogP contribution in [0.25, 0.3) is 84.8 Å². The van der Waals surface area contributed by atoms with Crippen LogP contribution in [-0.2, 0) is 0 Å². The molecule has 0 radical (unpaired) electrons. The van der Waals surface area contributed by atoms with E-state index in [1.165, 1.54) is 5.39 Å². The third-order valence-corrected chi connectivity index (χ3v) is 8.16. The molecule has 8 rings (SSSR count). The van der Waals surface area contributed by atoms with E-state index in [1.807, 2.05) is 73.7 Å². The molecule has 0 saturated carbocycles. The first-order chi connectivity index (χ1) is 22.2. The zero-order valence-electron chi connectivity index (χ0n) is 24.7. The molecular formula is C40H28N4O. The lowest BCUT2D eigenvalue weighted by atomic mass is 10.1. The van der Waals surface area contributed by atoms with Gasteiger partial charge in [-0.2, -0.15) is 0 Å². The molecule has 0 atom stereocenters. The molecule has 5 heteroatoms. The van der Waals surface area contributed by atoms with Crippen molar-refractivity contribution in [1.82, 2.24) is 19.5 Å². The molecule has 8 aromatic rings. The van der Waals surface area contributed by atoms with Gasteiger partial charge in [0.15, 0.2) is 23.1 Å². The van der Waals surface area contributed by atoms with E-state index in [-0.39, 0.29) is 0 Å². The summed E-state index contributed by atoms with van der Waals surface area (Å²) in [7, 11) is 0. The maximum Gasteiger partial charge on any atom is 0.164 e. The van der Waals surface area contributed by atoms with Gasteiger partial charge in [-0.15, -0.1) is 0 Å². The first kappa shape index (κ1) is 26.5. The molecule has 0 aliphatic rings. The number of allylic oxidation sites excluding steroid dienone is 1. The van der Waals surface area contributed by atoms with Crippen molar-refractivity contribution in [3.8, 4) is 39.9 Å². The van der Waals surface area contributed by atoms with Crippen LogP contribution in [0.4, 0.5) is 0 Å². The molecular weight excluding hydrogens is 552 g/mol.